The third-order valence-corrected chi connectivity index (χ3v) is 8.24. The van der Waals surface area contributed by atoms with Crippen LogP contribution in [0, 0.1) is 0 Å². The molecule has 1 fully saturated rings. The molecule has 3 nitrogen and oxygen atoms in total. The van der Waals surface area contributed by atoms with Gasteiger partial charge in [0.05, 0.1) is 0 Å². The molecule has 0 bridgehead atoms. The molecule has 1 heterocycles. The molecule has 1 saturated heterocycles. The molecule has 0 saturated carbocycles. The van der Waals surface area contributed by atoms with Crippen molar-refractivity contribution in [3.05, 3.63) is 29.3 Å². The lowest BCUT2D eigenvalue weighted by atomic mass is 9.76. The zero-order valence-corrected chi connectivity index (χ0v) is 22.7. The van der Waals surface area contributed by atoms with Crippen LogP contribution in [0.4, 0.5) is 0 Å². The van der Waals surface area contributed by atoms with E-state index in [2.05, 4.69) is 84.4 Å². The largest absolute Gasteiger partial charge is 0.508 e. The van der Waals surface area contributed by atoms with Crippen LogP contribution < -0.4 is 0 Å². The number of hydrogen-bond acceptors (Lipinski definition) is 3. The number of hydrogen-bond donors (Lipinski definition) is 1. The Labute approximate surface area is 199 Å². The third kappa shape index (κ3) is 6.73. The number of benzene rings is 1. The van der Waals surface area contributed by atoms with Crippen molar-refractivity contribution < 1.29 is 5.11 Å². The Morgan fingerprint density at radius 2 is 1.59 bits per heavy atom. The van der Waals surface area contributed by atoms with E-state index in [-0.39, 0.29) is 16.5 Å². The number of likely N-dealkylation sites (tertiary alicyclic amines) is 1. The summed E-state index contributed by atoms with van der Waals surface area (Å²) in [6.45, 7) is 20.7. The molecule has 3 heteroatoms. The predicted molar refractivity (Wildman–Crippen MR) is 140 cm³/mol. The maximum Gasteiger partial charge on any atom is 0.120 e. The maximum atomic E-state index is 10.8. The topological polar surface area (TPSA) is 26.7 Å². The quantitative estimate of drug-likeness (QED) is 0.358. The molecule has 0 radical (unpaired) electrons. The minimum Gasteiger partial charge on any atom is -0.508 e. The molecule has 1 aromatic carbocycles. The summed E-state index contributed by atoms with van der Waals surface area (Å²) in [6, 6.07) is 6.91. The van der Waals surface area contributed by atoms with Crippen molar-refractivity contribution in [1.82, 2.24) is 9.80 Å². The number of nitrogens with zero attached hydrogens (tertiary/aromatic N) is 2. The molecule has 0 atom stereocenters. The number of phenols is 1. The van der Waals surface area contributed by atoms with Crippen molar-refractivity contribution >= 4 is 0 Å². The van der Waals surface area contributed by atoms with E-state index in [1.165, 1.54) is 56.9 Å². The molecular weight excluding hydrogens is 392 g/mol. The highest BCUT2D eigenvalue weighted by molar-refractivity contribution is 5.39. The molecule has 0 spiro atoms. The highest BCUT2D eigenvalue weighted by atomic mass is 16.3. The van der Waals surface area contributed by atoms with Gasteiger partial charge >= 0.3 is 0 Å². The Morgan fingerprint density at radius 1 is 1.00 bits per heavy atom. The van der Waals surface area contributed by atoms with Gasteiger partial charge in [0, 0.05) is 29.2 Å². The molecule has 0 aromatic heterocycles. The van der Waals surface area contributed by atoms with Crippen LogP contribution in [0.5, 0.6) is 5.75 Å². The first-order chi connectivity index (χ1) is 14.8. The first kappa shape index (κ1) is 27.2. The molecule has 0 amide bonds. The van der Waals surface area contributed by atoms with Crippen molar-refractivity contribution in [2.24, 2.45) is 0 Å². The average molecular weight is 445 g/mol. The van der Waals surface area contributed by atoms with Crippen LogP contribution >= 0.6 is 0 Å². The second-order valence-corrected chi connectivity index (χ2v) is 12.3. The molecule has 1 aliphatic rings. The van der Waals surface area contributed by atoms with Gasteiger partial charge in [-0.2, -0.15) is 0 Å². The van der Waals surface area contributed by atoms with Gasteiger partial charge in [0.25, 0.3) is 0 Å². The van der Waals surface area contributed by atoms with Crippen molar-refractivity contribution in [1.29, 1.82) is 0 Å². The highest BCUT2D eigenvalue weighted by Crippen LogP contribution is 2.40. The Balaban J connectivity index is 2.29. The van der Waals surface area contributed by atoms with E-state index in [1.807, 2.05) is 6.07 Å². The monoisotopic (exact) mass is 444 g/mol. The standard InChI is InChI=1S/C29H52N2O/c1-10-12-14-17-27(3,4)24-15-16-26(32)23(19-24)22-31(18-13-11-2)25-20-28(5,6)30(9)29(7,8)21-25/h15-16,19,25,32H,10-14,17-18,20-22H2,1-9H3. The predicted octanol–water partition coefficient (Wildman–Crippen LogP) is 7.50. The van der Waals surface area contributed by atoms with Gasteiger partial charge < -0.3 is 5.11 Å². The highest BCUT2D eigenvalue weighted by Gasteiger charge is 2.44. The normalized spacial score (nSPS) is 19.6. The van der Waals surface area contributed by atoms with E-state index < -0.39 is 0 Å². The van der Waals surface area contributed by atoms with Crippen LogP contribution in [0.15, 0.2) is 18.2 Å². The zero-order valence-electron chi connectivity index (χ0n) is 22.7. The second kappa shape index (κ2) is 10.9. The smallest absolute Gasteiger partial charge is 0.120 e. The Bertz CT molecular complexity index is 704. The molecular formula is C29H52N2O. The van der Waals surface area contributed by atoms with Gasteiger partial charge in [-0.3, -0.25) is 9.80 Å². The Hall–Kier alpha value is -1.06. The van der Waals surface area contributed by atoms with E-state index in [4.69, 9.17) is 0 Å². The van der Waals surface area contributed by atoms with Gasteiger partial charge in [0.2, 0.25) is 0 Å². The fraction of sp³-hybridized carbons (Fsp3) is 0.793. The lowest BCUT2D eigenvalue weighted by molar-refractivity contribution is -0.0497. The SMILES string of the molecule is CCCCCC(C)(C)c1ccc(O)c(CN(CCCC)C2CC(C)(C)N(C)C(C)(C)C2)c1. The van der Waals surface area contributed by atoms with Gasteiger partial charge in [-0.05, 0) is 84.0 Å². The van der Waals surface area contributed by atoms with Crippen molar-refractivity contribution in [2.75, 3.05) is 13.6 Å². The fourth-order valence-electron chi connectivity index (χ4n) is 5.64. The van der Waals surface area contributed by atoms with Crippen molar-refractivity contribution in [2.45, 2.75) is 136 Å². The van der Waals surface area contributed by atoms with Crippen LogP contribution in [-0.4, -0.2) is 45.6 Å². The summed E-state index contributed by atoms with van der Waals surface area (Å²) in [5.41, 5.74) is 2.94. The van der Waals surface area contributed by atoms with E-state index in [0.29, 0.717) is 11.8 Å². The summed E-state index contributed by atoms with van der Waals surface area (Å²) in [5.74, 6) is 0.450. The van der Waals surface area contributed by atoms with Crippen LogP contribution in [0.3, 0.4) is 0 Å². The number of aromatic hydroxyl groups is 1. The van der Waals surface area contributed by atoms with Crippen molar-refractivity contribution in [3.63, 3.8) is 0 Å². The van der Waals surface area contributed by atoms with E-state index in [9.17, 15) is 5.11 Å². The molecule has 0 aliphatic carbocycles. The van der Waals surface area contributed by atoms with Crippen LogP contribution in [0.2, 0.25) is 0 Å². The molecule has 2 rings (SSSR count). The summed E-state index contributed by atoms with van der Waals surface area (Å²) >= 11 is 0. The first-order valence-electron chi connectivity index (χ1n) is 13.1. The maximum absolute atomic E-state index is 10.8. The summed E-state index contributed by atoms with van der Waals surface area (Å²) in [6.07, 6.45) is 9.75. The molecule has 0 unspecified atom stereocenters. The molecule has 1 N–H and O–H groups in total. The fourth-order valence-corrected chi connectivity index (χ4v) is 5.64. The van der Waals surface area contributed by atoms with E-state index in [1.54, 1.807) is 0 Å². The summed E-state index contributed by atoms with van der Waals surface area (Å²) in [7, 11) is 2.28. The molecule has 184 valence electrons. The van der Waals surface area contributed by atoms with Crippen LogP contribution in [0.25, 0.3) is 0 Å². The second-order valence-electron chi connectivity index (χ2n) is 12.3. The van der Waals surface area contributed by atoms with Gasteiger partial charge in [0.15, 0.2) is 0 Å². The lowest BCUT2D eigenvalue weighted by Crippen LogP contribution is -2.62. The number of phenolic OH excluding ortho intramolecular Hbond substituents is 1. The lowest BCUT2D eigenvalue weighted by Gasteiger charge is -2.55. The van der Waals surface area contributed by atoms with Gasteiger partial charge in [-0.1, -0.05) is 65.5 Å². The van der Waals surface area contributed by atoms with Crippen molar-refractivity contribution in [3.8, 4) is 5.75 Å². The van der Waals surface area contributed by atoms with Crippen LogP contribution in [0.1, 0.15) is 118 Å². The summed E-state index contributed by atoms with van der Waals surface area (Å²) in [5, 5.41) is 10.8. The first-order valence-corrected chi connectivity index (χ1v) is 13.1. The summed E-state index contributed by atoms with van der Waals surface area (Å²) in [4.78, 5) is 5.23. The van der Waals surface area contributed by atoms with Gasteiger partial charge in [-0.25, -0.2) is 0 Å². The Morgan fingerprint density at radius 3 is 2.16 bits per heavy atom. The van der Waals surface area contributed by atoms with Gasteiger partial charge in [0.1, 0.15) is 5.75 Å². The molecule has 1 aliphatic heterocycles. The number of rotatable bonds is 11. The zero-order chi connectivity index (χ0) is 24.2. The Kier molecular flexibility index (Phi) is 9.27. The average Bonchev–Trinajstić information content (AvgIpc) is 2.70. The van der Waals surface area contributed by atoms with Crippen LogP contribution in [-0.2, 0) is 12.0 Å². The van der Waals surface area contributed by atoms with E-state index >= 15 is 0 Å². The number of unbranched alkanes of at least 4 members (excludes halogenated alkanes) is 3. The minimum absolute atomic E-state index is 0.142. The number of piperidine rings is 1. The van der Waals surface area contributed by atoms with Gasteiger partial charge in [-0.15, -0.1) is 0 Å². The summed E-state index contributed by atoms with van der Waals surface area (Å²) < 4.78 is 0. The minimum atomic E-state index is 0.142. The molecule has 1 aromatic rings. The third-order valence-electron chi connectivity index (χ3n) is 8.24. The molecule has 32 heavy (non-hydrogen) atoms. The van der Waals surface area contributed by atoms with E-state index in [0.717, 1.165) is 18.7 Å².